The van der Waals surface area contributed by atoms with Crippen LogP contribution < -0.4 is 0 Å². The van der Waals surface area contributed by atoms with Gasteiger partial charge in [-0.25, -0.2) is 4.98 Å². The lowest BCUT2D eigenvalue weighted by Gasteiger charge is -2.02. The van der Waals surface area contributed by atoms with Gasteiger partial charge < -0.3 is 9.78 Å². The predicted octanol–water partition coefficient (Wildman–Crippen LogP) is 2.85. The van der Waals surface area contributed by atoms with Gasteiger partial charge >= 0.3 is 0 Å². The SMILES string of the molecule is CC(=O)CCc1cc2[nH]cnc2cc1Br. The fourth-order valence-corrected chi connectivity index (χ4v) is 2.03. The molecule has 0 saturated heterocycles. The maximum Gasteiger partial charge on any atom is 0.130 e. The summed E-state index contributed by atoms with van der Waals surface area (Å²) in [6.45, 7) is 1.61. The van der Waals surface area contributed by atoms with Gasteiger partial charge in [-0.3, -0.25) is 0 Å². The summed E-state index contributed by atoms with van der Waals surface area (Å²) < 4.78 is 1.02. The molecule has 1 aromatic heterocycles. The molecule has 1 N–H and O–H groups in total. The van der Waals surface area contributed by atoms with Gasteiger partial charge in [-0.2, -0.15) is 0 Å². The number of imidazole rings is 1. The molecule has 2 aromatic rings. The van der Waals surface area contributed by atoms with Crippen molar-refractivity contribution in [2.24, 2.45) is 0 Å². The first-order valence-electron chi connectivity index (χ1n) is 4.78. The van der Waals surface area contributed by atoms with Crippen LogP contribution in [0.15, 0.2) is 22.9 Å². The molecule has 0 aliphatic carbocycles. The molecule has 1 aromatic carbocycles. The monoisotopic (exact) mass is 266 g/mol. The summed E-state index contributed by atoms with van der Waals surface area (Å²) in [5.41, 5.74) is 3.09. The third kappa shape index (κ3) is 2.26. The minimum Gasteiger partial charge on any atom is -0.345 e. The van der Waals surface area contributed by atoms with E-state index >= 15 is 0 Å². The van der Waals surface area contributed by atoms with Crippen molar-refractivity contribution in [1.82, 2.24) is 9.97 Å². The smallest absolute Gasteiger partial charge is 0.130 e. The molecule has 4 heteroatoms. The molecule has 78 valence electrons. The number of hydrogen-bond donors (Lipinski definition) is 1. The molecule has 0 aliphatic heterocycles. The molecule has 0 atom stereocenters. The second-order valence-corrected chi connectivity index (χ2v) is 4.42. The van der Waals surface area contributed by atoms with E-state index in [1.54, 1.807) is 13.3 Å². The van der Waals surface area contributed by atoms with Crippen molar-refractivity contribution < 1.29 is 4.79 Å². The van der Waals surface area contributed by atoms with Gasteiger partial charge in [0.25, 0.3) is 0 Å². The molecule has 0 saturated carbocycles. The predicted molar refractivity (Wildman–Crippen MR) is 62.8 cm³/mol. The van der Waals surface area contributed by atoms with Crippen LogP contribution in [0, 0.1) is 0 Å². The number of aromatic amines is 1. The van der Waals surface area contributed by atoms with Gasteiger partial charge in [0.1, 0.15) is 5.78 Å². The number of aromatic nitrogens is 2. The minimum absolute atomic E-state index is 0.214. The van der Waals surface area contributed by atoms with E-state index < -0.39 is 0 Å². The van der Waals surface area contributed by atoms with Crippen LogP contribution >= 0.6 is 15.9 Å². The van der Waals surface area contributed by atoms with Gasteiger partial charge in [-0.05, 0) is 31.0 Å². The van der Waals surface area contributed by atoms with Gasteiger partial charge in [-0.15, -0.1) is 0 Å². The third-order valence-corrected chi connectivity index (χ3v) is 3.07. The van der Waals surface area contributed by atoms with Crippen molar-refractivity contribution in [2.75, 3.05) is 0 Å². The minimum atomic E-state index is 0.214. The van der Waals surface area contributed by atoms with Crippen LogP contribution in [-0.2, 0) is 11.2 Å². The number of ketones is 1. The number of H-pyrrole nitrogens is 1. The fraction of sp³-hybridized carbons (Fsp3) is 0.273. The third-order valence-electron chi connectivity index (χ3n) is 2.33. The molecule has 0 fully saturated rings. The van der Waals surface area contributed by atoms with E-state index in [1.165, 1.54) is 0 Å². The molecule has 0 radical (unpaired) electrons. The number of rotatable bonds is 3. The van der Waals surface area contributed by atoms with E-state index in [0.717, 1.165) is 27.5 Å². The maximum absolute atomic E-state index is 10.9. The van der Waals surface area contributed by atoms with Gasteiger partial charge in [0.05, 0.1) is 17.4 Å². The Labute approximate surface area is 96.0 Å². The molecular weight excluding hydrogens is 256 g/mol. The van der Waals surface area contributed by atoms with Crippen LogP contribution in [0.4, 0.5) is 0 Å². The molecule has 0 amide bonds. The number of carbonyl (C=O) groups is 1. The van der Waals surface area contributed by atoms with Crippen LogP contribution in [0.5, 0.6) is 0 Å². The Morgan fingerprint density at radius 3 is 3.07 bits per heavy atom. The Hall–Kier alpha value is -1.16. The number of Topliss-reactive ketones (excluding diaryl/α,β-unsaturated/α-hetero) is 1. The maximum atomic E-state index is 10.9. The summed E-state index contributed by atoms with van der Waals surface area (Å²) in [4.78, 5) is 18.1. The number of nitrogens with one attached hydrogen (secondary N) is 1. The molecule has 15 heavy (non-hydrogen) atoms. The van der Waals surface area contributed by atoms with Crippen LogP contribution in [0.1, 0.15) is 18.9 Å². The molecule has 0 spiro atoms. The second kappa shape index (κ2) is 4.14. The van der Waals surface area contributed by atoms with E-state index in [2.05, 4.69) is 25.9 Å². The molecule has 3 nitrogen and oxygen atoms in total. The van der Waals surface area contributed by atoms with Crippen molar-refractivity contribution in [3.8, 4) is 0 Å². The summed E-state index contributed by atoms with van der Waals surface area (Å²) in [7, 11) is 0. The number of carbonyl (C=O) groups excluding carboxylic acids is 1. The summed E-state index contributed by atoms with van der Waals surface area (Å²) >= 11 is 3.49. The standard InChI is InChI=1S/C11H11BrN2O/c1-7(15)2-3-8-4-10-11(5-9(8)12)14-6-13-10/h4-6H,2-3H2,1H3,(H,13,14). The number of halogens is 1. The Balaban J connectivity index is 2.33. The van der Waals surface area contributed by atoms with Gasteiger partial charge in [0.2, 0.25) is 0 Å². The zero-order valence-electron chi connectivity index (χ0n) is 8.38. The Morgan fingerprint density at radius 1 is 1.53 bits per heavy atom. The Kier molecular flexibility index (Phi) is 2.86. The van der Waals surface area contributed by atoms with Crippen molar-refractivity contribution in [1.29, 1.82) is 0 Å². The van der Waals surface area contributed by atoms with Gasteiger partial charge in [-0.1, -0.05) is 15.9 Å². The van der Waals surface area contributed by atoms with Crippen LogP contribution in [-0.4, -0.2) is 15.8 Å². The van der Waals surface area contributed by atoms with Gasteiger partial charge in [0.15, 0.2) is 0 Å². The van der Waals surface area contributed by atoms with Gasteiger partial charge in [0, 0.05) is 10.9 Å². The number of benzene rings is 1. The van der Waals surface area contributed by atoms with E-state index in [1.807, 2.05) is 12.1 Å². The molecule has 0 aliphatic rings. The molecule has 0 unspecified atom stereocenters. The van der Waals surface area contributed by atoms with E-state index in [-0.39, 0.29) is 5.78 Å². The van der Waals surface area contributed by atoms with Crippen molar-refractivity contribution in [3.05, 3.63) is 28.5 Å². The molecule has 2 rings (SSSR count). The average molecular weight is 267 g/mol. The zero-order valence-corrected chi connectivity index (χ0v) is 9.97. The van der Waals surface area contributed by atoms with Crippen LogP contribution in [0.3, 0.4) is 0 Å². The highest BCUT2D eigenvalue weighted by Gasteiger charge is 2.05. The number of hydrogen-bond acceptors (Lipinski definition) is 2. The first-order chi connectivity index (χ1) is 7.16. The highest BCUT2D eigenvalue weighted by atomic mass is 79.9. The summed E-state index contributed by atoms with van der Waals surface area (Å²) in [6, 6.07) is 4.01. The second-order valence-electron chi connectivity index (χ2n) is 3.57. The van der Waals surface area contributed by atoms with Crippen molar-refractivity contribution in [2.45, 2.75) is 19.8 Å². The van der Waals surface area contributed by atoms with Crippen molar-refractivity contribution >= 4 is 32.7 Å². The van der Waals surface area contributed by atoms with Crippen molar-refractivity contribution in [3.63, 3.8) is 0 Å². The lowest BCUT2D eigenvalue weighted by atomic mass is 10.1. The molecular formula is C11H11BrN2O. The quantitative estimate of drug-likeness (QED) is 0.929. The molecule has 1 heterocycles. The largest absolute Gasteiger partial charge is 0.345 e. The first kappa shape index (κ1) is 10.4. The zero-order chi connectivity index (χ0) is 10.8. The van der Waals surface area contributed by atoms with E-state index in [9.17, 15) is 4.79 Å². The summed E-state index contributed by atoms with van der Waals surface area (Å²) in [5.74, 6) is 0.214. The Bertz CT molecular complexity index is 504. The first-order valence-corrected chi connectivity index (χ1v) is 5.57. The fourth-order valence-electron chi connectivity index (χ4n) is 1.50. The van der Waals surface area contributed by atoms with Crippen LogP contribution in [0.25, 0.3) is 11.0 Å². The number of nitrogens with zero attached hydrogens (tertiary/aromatic N) is 1. The summed E-state index contributed by atoms with van der Waals surface area (Å²) in [6.07, 6.45) is 3.02. The molecule has 0 bridgehead atoms. The topological polar surface area (TPSA) is 45.8 Å². The number of fused-ring (bicyclic) bond motifs is 1. The lowest BCUT2D eigenvalue weighted by Crippen LogP contribution is -1.95. The normalized spacial score (nSPS) is 10.8. The lowest BCUT2D eigenvalue weighted by molar-refractivity contribution is -0.116. The van der Waals surface area contributed by atoms with E-state index in [4.69, 9.17) is 0 Å². The van der Waals surface area contributed by atoms with E-state index in [0.29, 0.717) is 6.42 Å². The number of aryl methyl sites for hydroxylation is 1. The average Bonchev–Trinajstić information content (AvgIpc) is 2.60. The van der Waals surface area contributed by atoms with Crippen LogP contribution in [0.2, 0.25) is 0 Å². The highest BCUT2D eigenvalue weighted by Crippen LogP contribution is 2.23. The summed E-state index contributed by atoms with van der Waals surface area (Å²) in [5, 5.41) is 0. The Morgan fingerprint density at radius 2 is 2.33 bits per heavy atom. The highest BCUT2D eigenvalue weighted by molar-refractivity contribution is 9.10.